The van der Waals surface area contributed by atoms with Gasteiger partial charge in [-0.2, -0.15) is 0 Å². The van der Waals surface area contributed by atoms with E-state index in [1.807, 2.05) is 66.7 Å². The molecule has 7 aromatic carbocycles. The van der Waals surface area contributed by atoms with Gasteiger partial charge in [0.15, 0.2) is 0 Å². The van der Waals surface area contributed by atoms with Crippen LogP contribution in [0.15, 0.2) is 162 Å². The molecule has 10 rings (SSSR count). The topological polar surface area (TPSA) is 43.9 Å². The maximum absolute atomic E-state index is 7.70. The molecule has 0 saturated carbocycles. The van der Waals surface area contributed by atoms with Crippen molar-refractivity contribution in [2.75, 3.05) is 0 Å². The van der Waals surface area contributed by atoms with Crippen LogP contribution in [-0.4, -0.2) is 22.6 Å². The Bertz CT molecular complexity index is 3330. The van der Waals surface area contributed by atoms with Crippen LogP contribution in [0.5, 0.6) is 0 Å². The fourth-order valence-corrected chi connectivity index (χ4v) is 10.3. The van der Waals surface area contributed by atoms with Gasteiger partial charge in [0.25, 0.3) is 0 Å². The number of furan rings is 1. The Kier molecular flexibility index (Phi) is 11.7. The molecule has 0 amide bonds. The van der Waals surface area contributed by atoms with Crippen molar-refractivity contribution in [1.82, 2.24) is 14.5 Å². The molecule has 64 heavy (non-hydrogen) atoms. The van der Waals surface area contributed by atoms with Gasteiger partial charge < -0.3 is 14.0 Å². The number of imidazole rings is 1. The van der Waals surface area contributed by atoms with Gasteiger partial charge in [-0.15, -0.1) is 59.7 Å². The number of hydrogen-bond donors (Lipinski definition) is 0. The van der Waals surface area contributed by atoms with Crippen LogP contribution in [0.4, 0.5) is 0 Å². The average Bonchev–Trinajstić information content (AvgIpc) is 3.87. The summed E-state index contributed by atoms with van der Waals surface area (Å²) in [5, 5.41) is 3.44. The molecule has 0 aliphatic rings. The van der Waals surface area contributed by atoms with E-state index in [4.69, 9.17) is 13.5 Å². The number of aryl methyl sites for hydroxylation is 3. The maximum atomic E-state index is 7.70. The molecule has 0 spiro atoms. The van der Waals surface area contributed by atoms with Gasteiger partial charge in [0.1, 0.15) is 5.58 Å². The Morgan fingerprint density at radius 3 is 2.08 bits per heavy atom. The van der Waals surface area contributed by atoms with Crippen molar-refractivity contribution in [2.24, 2.45) is 5.92 Å². The Balaban J connectivity index is 0.000000244. The van der Waals surface area contributed by atoms with Gasteiger partial charge in [-0.05, 0) is 114 Å². The van der Waals surface area contributed by atoms with Crippen LogP contribution in [0, 0.1) is 38.8 Å². The van der Waals surface area contributed by atoms with Gasteiger partial charge in [0.2, 0.25) is 0 Å². The number of hydrogen-bond acceptors (Lipinski definition) is 3. The minimum atomic E-state index is -2.13. The first-order valence-corrected chi connectivity index (χ1v) is 25.2. The van der Waals surface area contributed by atoms with Crippen LogP contribution < -0.4 is 5.19 Å². The smallest absolute Gasteiger partial charge is 0.121 e. The zero-order chi connectivity index (χ0) is 46.3. The maximum Gasteiger partial charge on any atom is 0.121 e. The minimum absolute atomic E-state index is 0. The largest absolute Gasteiger partial charge is 0.500 e. The van der Waals surface area contributed by atoms with Gasteiger partial charge in [-0.25, -0.2) is 0 Å². The summed E-state index contributed by atoms with van der Waals surface area (Å²) in [6, 6.07) is 57.5. The second-order valence-corrected chi connectivity index (χ2v) is 23.0. The Morgan fingerprint density at radius 1 is 0.688 bits per heavy atom. The molecule has 0 saturated heterocycles. The zero-order valence-electron chi connectivity index (χ0n) is 40.4. The van der Waals surface area contributed by atoms with Gasteiger partial charge in [0, 0.05) is 41.5 Å². The molecule has 10 aromatic rings. The number of rotatable bonds is 8. The summed E-state index contributed by atoms with van der Waals surface area (Å²) in [5.74, 6) is 1.48. The molecule has 6 heteroatoms. The van der Waals surface area contributed by atoms with Crippen molar-refractivity contribution < 1.29 is 28.6 Å². The van der Waals surface area contributed by atoms with E-state index in [0.717, 1.165) is 90.0 Å². The molecule has 321 valence electrons. The average molecular weight is 1030 g/mol. The van der Waals surface area contributed by atoms with Crippen LogP contribution >= 0.6 is 0 Å². The number of benzene rings is 7. The second-order valence-electron chi connectivity index (χ2n) is 18.0. The Labute approximate surface area is 396 Å². The van der Waals surface area contributed by atoms with Crippen LogP contribution in [0.2, 0.25) is 19.6 Å². The van der Waals surface area contributed by atoms with E-state index in [0.29, 0.717) is 11.5 Å². The molecule has 0 bridgehead atoms. The van der Waals surface area contributed by atoms with Crippen molar-refractivity contribution in [3.8, 4) is 50.6 Å². The molecule has 4 nitrogen and oxygen atoms in total. The van der Waals surface area contributed by atoms with E-state index in [1.54, 1.807) is 12.1 Å². The van der Waals surface area contributed by atoms with E-state index in [1.165, 1.54) is 21.9 Å². The third-order valence-corrected chi connectivity index (χ3v) is 13.7. The van der Waals surface area contributed by atoms with E-state index in [2.05, 4.69) is 148 Å². The third-order valence-electron chi connectivity index (χ3n) is 11.7. The van der Waals surface area contributed by atoms with Crippen LogP contribution in [0.1, 0.15) is 40.2 Å². The first-order chi connectivity index (χ1) is 31.6. The van der Waals surface area contributed by atoms with Gasteiger partial charge in [-0.1, -0.05) is 129 Å². The predicted octanol–water partition coefficient (Wildman–Crippen LogP) is 14.9. The quantitative estimate of drug-likeness (QED) is 0.113. The van der Waals surface area contributed by atoms with Crippen molar-refractivity contribution >= 4 is 46.2 Å². The monoisotopic (exact) mass is 1030 g/mol. The summed E-state index contributed by atoms with van der Waals surface area (Å²) >= 11 is 0. The fourth-order valence-electron chi connectivity index (χ4n) is 8.71. The van der Waals surface area contributed by atoms with Crippen LogP contribution in [0.25, 0.3) is 83.6 Å². The van der Waals surface area contributed by atoms with E-state index in [9.17, 15) is 0 Å². The number of nitrogens with zero attached hydrogens (tertiary/aromatic N) is 3. The van der Waals surface area contributed by atoms with Crippen molar-refractivity contribution in [3.05, 3.63) is 192 Å². The van der Waals surface area contributed by atoms with Gasteiger partial charge in [-0.3, -0.25) is 4.98 Å². The molecule has 3 aromatic heterocycles. The zero-order valence-corrected chi connectivity index (χ0v) is 40.8. The van der Waals surface area contributed by atoms with Crippen molar-refractivity contribution in [2.45, 2.75) is 60.6 Å². The molecule has 1 radical (unpaired) electrons. The number of para-hydroxylation sites is 2. The summed E-state index contributed by atoms with van der Waals surface area (Å²) in [7, 11) is -1.34. The van der Waals surface area contributed by atoms with E-state index < -0.39 is 14.9 Å². The molecule has 0 N–H and O–H groups in total. The summed E-state index contributed by atoms with van der Waals surface area (Å²) in [6.45, 7) is 13.9. The standard InChI is InChI=1S/C40H29N2O.C18H24NSi.Ir/c1-25-13-15-29(16-14-25)30-17-19-37-33(23-30)34-24-31(18-20-38(34)43-37)40-41-35-11-7-8-12-36(35)42(40)39-26(2)21-32(22-27(39)3)28-9-5-4-6-10-28;1-14(2)11-16-12-17(15-9-7-6-8-10-15)19-13-18(16)20(3,4)5;/h4-17,19-24H,1-3H3;6-9,12-14H,11H2,1-5H3;/q2*-1;/i1D3;;. The number of pyridine rings is 1. The van der Waals surface area contributed by atoms with Gasteiger partial charge in [0.05, 0.1) is 30.5 Å². The molecule has 3 heterocycles. The van der Waals surface area contributed by atoms with Crippen molar-refractivity contribution in [1.29, 1.82) is 0 Å². The molecule has 0 fully saturated rings. The summed E-state index contributed by atoms with van der Waals surface area (Å²) in [4.78, 5) is 9.83. The van der Waals surface area contributed by atoms with Gasteiger partial charge >= 0.3 is 0 Å². The minimum Gasteiger partial charge on any atom is -0.500 e. The second kappa shape index (κ2) is 18.5. The molecular formula is C58H53IrN3OSi-2. The number of fused-ring (bicyclic) bond motifs is 4. The number of aromatic nitrogens is 3. The summed E-state index contributed by atoms with van der Waals surface area (Å²) in [5.41, 5.74) is 16.0. The summed E-state index contributed by atoms with van der Waals surface area (Å²) in [6.07, 6.45) is 3.24. The first-order valence-electron chi connectivity index (χ1n) is 23.2. The normalized spacial score (nSPS) is 12.4. The molecule has 0 atom stereocenters. The molecule has 0 aliphatic heterocycles. The SMILES string of the molecule is CC(C)Cc1cc(-c2[c-]cccc2)ncc1[Si](C)(C)C.[2H]C([2H])([2H])c1ccc(-c2ccc3oc4c[c-]c(-c5nc6ccccc6n5-c5c(C)cc(-c6ccccc6)cc5C)cc4c3c2)cc1.[Ir]. The molecule has 0 unspecified atom stereocenters. The van der Waals surface area contributed by atoms with E-state index >= 15 is 0 Å². The van der Waals surface area contributed by atoms with E-state index in [-0.39, 0.29) is 20.1 Å². The fraction of sp³-hybridized carbons (Fsp3) is 0.172. The molecular weight excluding hydrogens is 975 g/mol. The Morgan fingerprint density at radius 2 is 1.38 bits per heavy atom. The van der Waals surface area contributed by atoms with Crippen LogP contribution in [-0.2, 0) is 26.5 Å². The molecule has 0 aliphatic carbocycles. The third kappa shape index (κ3) is 9.10. The first kappa shape index (κ1) is 40.6. The van der Waals surface area contributed by atoms with Crippen LogP contribution in [0.3, 0.4) is 0 Å². The Hall–Kier alpha value is -6.17. The predicted molar refractivity (Wildman–Crippen MR) is 268 cm³/mol. The summed E-state index contributed by atoms with van der Waals surface area (Å²) < 4.78 is 31.6. The van der Waals surface area contributed by atoms with Crippen molar-refractivity contribution in [3.63, 3.8) is 0 Å².